The molecule has 2 aromatic rings. The zero-order chi connectivity index (χ0) is 14.1. The largest absolute Gasteiger partial charge is 0.328 e. The Morgan fingerprint density at radius 3 is 2.90 bits per heavy atom. The lowest BCUT2D eigenvalue weighted by molar-refractivity contribution is 0.467. The molecule has 1 saturated carbocycles. The molecular weight excluding hydrogens is 314 g/mol. The summed E-state index contributed by atoms with van der Waals surface area (Å²) in [6, 6.07) is 6.60. The first-order chi connectivity index (χ1) is 9.70. The van der Waals surface area contributed by atoms with E-state index < -0.39 is 0 Å². The molecule has 20 heavy (non-hydrogen) atoms. The van der Waals surface area contributed by atoms with Crippen molar-refractivity contribution in [1.82, 2.24) is 9.55 Å². The number of aromatic nitrogens is 2. The van der Waals surface area contributed by atoms with E-state index in [2.05, 4.69) is 45.6 Å². The number of rotatable bonds is 2. The van der Waals surface area contributed by atoms with Crippen LogP contribution in [-0.4, -0.2) is 15.6 Å². The van der Waals surface area contributed by atoms with Gasteiger partial charge in [0.05, 0.1) is 11.0 Å². The van der Waals surface area contributed by atoms with Crippen molar-refractivity contribution in [3.05, 3.63) is 28.5 Å². The Morgan fingerprint density at radius 2 is 2.10 bits per heavy atom. The average Bonchev–Trinajstić information content (AvgIpc) is 2.65. The van der Waals surface area contributed by atoms with Gasteiger partial charge in [0.2, 0.25) is 0 Å². The maximum Gasteiger partial charge on any atom is 0.114 e. The second kappa shape index (κ2) is 5.86. The minimum absolute atomic E-state index is 0.253. The number of aryl methyl sites for hydroxylation is 1. The van der Waals surface area contributed by atoms with Crippen molar-refractivity contribution in [2.24, 2.45) is 5.73 Å². The Hall–Kier alpha value is -0.870. The van der Waals surface area contributed by atoms with Crippen molar-refractivity contribution in [2.45, 2.75) is 57.5 Å². The SMILES string of the molecule is CCn1c(C2CCCCCC2N)nc2cc(Br)ccc21. The van der Waals surface area contributed by atoms with Crippen molar-refractivity contribution in [1.29, 1.82) is 0 Å². The lowest BCUT2D eigenvalue weighted by atomic mass is 9.94. The number of hydrogen-bond acceptors (Lipinski definition) is 2. The molecule has 1 aromatic carbocycles. The molecule has 2 N–H and O–H groups in total. The van der Waals surface area contributed by atoms with Crippen molar-refractivity contribution in [2.75, 3.05) is 0 Å². The molecule has 1 heterocycles. The van der Waals surface area contributed by atoms with Gasteiger partial charge in [-0.05, 0) is 38.0 Å². The van der Waals surface area contributed by atoms with Crippen LogP contribution in [0.1, 0.15) is 50.8 Å². The minimum Gasteiger partial charge on any atom is -0.328 e. The maximum absolute atomic E-state index is 6.42. The van der Waals surface area contributed by atoms with Gasteiger partial charge in [0.1, 0.15) is 5.82 Å². The third-order valence-electron chi connectivity index (χ3n) is 4.46. The molecule has 3 rings (SSSR count). The van der Waals surface area contributed by atoms with E-state index in [1.54, 1.807) is 0 Å². The highest BCUT2D eigenvalue weighted by Gasteiger charge is 2.26. The van der Waals surface area contributed by atoms with Crippen molar-refractivity contribution >= 4 is 27.0 Å². The minimum atomic E-state index is 0.253. The van der Waals surface area contributed by atoms with Crippen LogP contribution in [0.25, 0.3) is 11.0 Å². The van der Waals surface area contributed by atoms with Gasteiger partial charge in [-0.2, -0.15) is 0 Å². The summed E-state index contributed by atoms with van der Waals surface area (Å²) in [6.07, 6.45) is 6.14. The van der Waals surface area contributed by atoms with E-state index in [9.17, 15) is 0 Å². The van der Waals surface area contributed by atoms with E-state index in [1.807, 2.05) is 0 Å². The van der Waals surface area contributed by atoms with Crippen LogP contribution >= 0.6 is 15.9 Å². The molecule has 0 amide bonds. The molecule has 1 aliphatic rings. The first-order valence-corrected chi connectivity index (χ1v) is 8.41. The first-order valence-electron chi connectivity index (χ1n) is 7.62. The van der Waals surface area contributed by atoms with Gasteiger partial charge in [0.25, 0.3) is 0 Å². The lowest BCUT2D eigenvalue weighted by Gasteiger charge is -2.21. The highest BCUT2D eigenvalue weighted by Crippen LogP contribution is 2.33. The van der Waals surface area contributed by atoms with E-state index in [-0.39, 0.29) is 6.04 Å². The molecule has 1 aromatic heterocycles. The zero-order valence-electron chi connectivity index (χ0n) is 12.0. The third-order valence-corrected chi connectivity index (χ3v) is 4.95. The van der Waals surface area contributed by atoms with E-state index in [4.69, 9.17) is 10.7 Å². The zero-order valence-corrected chi connectivity index (χ0v) is 13.6. The molecule has 2 atom stereocenters. The summed E-state index contributed by atoms with van der Waals surface area (Å²) in [6.45, 7) is 3.14. The Bertz CT molecular complexity index is 605. The quantitative estimate of drug-likeness (QED) is 0.836. The van der Waals surface area contributed by atoms with Crippen LogP contribution in [0.3, 0.4) is 0 Å². The number of benzene rings is 1. The monoisotopic (exact) mass is 335 g/mol. The number of halogens is 1. The number of fused-ring (bicyclic) bond motifs is 1. The van der Waals surface area contributed by atoms with Crippen LogP contribution in [-0.2, 0) is 6.54 Å². The molecule has 4 heteroatoms. The normalized spacial score (nSPS) is 23.9. The molecule has 0 saturated heterocycles. The molecular formula is C16H22BrN3. The van der Waals surface area contributed by atoms with Crippen LogP contribution in [0.2, 0.25) is 0 Å². The molecule has 1 fully saturated rings. The summed E-state index contributed by atoms with van der Waals surface area (Å²) in [7, 11) is 0. The molecule has 108 valence electrons. The van der Waals surface area contributed by atoms with Crippen LogP contribution in [0.15, 0.2) is 22.7 Å². The smallest absolute Gasteiger partial charge is 0.114 e. The highest BCUT2D eigenvalue weighted by atomic mass is 79.9. The number of hydrogen-bond donors (Lipinski definition) is 1. The Balaban J connectivity index is 2.09. The van der Waals surface area contributed by atoms with Crippen molar-refractivity contribution in [3.63, 3.8) is 0 Å². The number of nitrogens with two attached hydrogens (primary N) is 1. The molecule has 0 aliphatic heterocycles. The summed E-state index contributed by atoms with van der Waals surface area (Å²) < 4.78 is 3.43. The topological polar surface area (TPSA) is 43.8 Å². The van der Waals surface area contributed by atoms with E-state index in [1.165, 1.54) is 37.0 Å². The molecule has 2 unspecified atom stereocenters. The molecule has 0 radical (unpaired) electrons. The van der Waals surface area contributed by atoms with Gasteiger partial charge in [0.15, 0.2) is 0 Å². The summed E-state index contributed by atoms with van der Waals surface area (Å²) in [5.74, 6) is 1.60. The van der Waals surface area contributed by atoms with Crippen LogP contribution in [0.4, 0.5) is 0 Å². The van der Waals surface area contributed by atoms with Gasteiger partial charge in [-0.1, -0.05) is 35.2 Å². The fraction of sp³-hybridized carbons (Fsp3) is 0.562. The van der Waals surface area contributed by atoms with Crippen molar-refractivity contribution < 1.29 is 0 Å². The fourth-order valence-corrected chi connectivity index (χ4v) is 3.74. The van der Waals surface area contributed by atoms with Gasteiger partial charge in [-0.25, -0.2) is 4.98 Å². The van der Waals surface area contributed by atoms with Crippen LogP contribution in [0, 0.1) is 0 Å². The molecule has 0 spiro atoms. The Kier molecular flexibility index (Phi) is 4.13. The fourth-order valence-electron chi connectivity index (χ4n) is 3.39. The van der Waals surface area contributed by atoms with Gasteiger partial charge in [0, 0.05) is 23.0 Å². The van der Waals surface area contributed by atoms with E-state index >= 15 is 0 Å². The Morgan fingerprint density at radius 1 is 1.30 bits per heavy atom. The first kappa shape index (κ1) is 14.1. The average molecular weight is 336 g/mol. The predicted octanol–water partition coefficient (Wildman–Crippen LogP) is 4.19. The molecule has 3 nitrogen and oxygen atoms in total. The van der Waals surface area contributed by atoms with Gasteiger partial charge in [-0.3, -0.25) is 0 Å². The molecule has 0 bridgehead atoms. The third kappa shape index (κ3) is 2.51. The van der Waals surface area contributed by atoms with Crippen LogP contribution in [0.5, 0.6) is 0 Å². The van der Waals surface area contributed by atoms with E-state index in [0.29, 0.717) is 5.92 Å². The van der Waals surface area contributed by atoms with Crippen LogP contribution < -0.4 is 5.73 Å². The highest BCUT2D eigenvalue weighted by molar-refractivity contribution is 9.10. The number of nitrogens with zero attached hydrogens (tertiary/aromatic N) is 2. The second-order valence-corrected chi connectivity index (χ2v) is 6.67. The number of imidazole rings is 1. The molecule has 1 aliphatic carbocycles. The maximum atomic E-state index is 6.42. The summed E-state index contributed by atoms with van der Waals surface area (Å²) in [5.41, 5.74) is 8.72. The van der Waals surface area contributed by atoms with Gasteiger partial charge >= 0.3 is 0 Å². The summed E-state index contributed by atoms with van der Waals surface area (Å²) >= 11 is 3.53. The van der Waals surface area contributed by atoms with Gasteiger partial charge < -0.3 is 10.3 Å². The van der Waals surface area contributed by atoms with Gasteiger partial charge in [-0.15, -0.1) is 0 Å². The lowest BCUT2D eigenvalue weighted by Crippen LogP contribution is -2.29. The standard InChI is InChI=1S/C16H22BrN3/c1-2-20-15-9-8-11(17)10-14(15)19-16(20)12-6-4-3-5-7-13(12)18/h8-10,12-13H,2-7,18H2,1H3. The Labute approximate surface area is 128 Å². The van der Waals surface area contributed by atoms with Crippen molar-refractivity contribution in [3.8, 4) is 0 Å². The summed E-state index contributed by atoms with van der Waals surface area (Å²) in [5, 5.41) is 0. The second-order valence-electron chi connectivity index (χ2n) is 5.76. The van der Waals surface area contributed by atoms with E-state index in [0.717, 1.165) is 23.0 Å². The summed E-state index contributed by atoms with van der Waals surface area (Å²) in [4.78, 5) is 4.91. The predicted molar refractivity (Wildman–Crippen MR) is 86.9 cm³/mol.